The van der Waals surface area contributed by atoms with Gasteiger partial charge >= 0.3 is 6.18 Å². The van der Waals surface area contributed by atoms with Gasteiger partial charge in [-0.15, -0.1) is 12.0 Å². The van der Waals surface area contributed by atoms with Crippen molar-refractivity contribution >= 4 is 33.9 Å². The van der Waals surface area contributed by atoms with E-state index in [1.807, 2.05) is 0 Å². The molecule has 0 radical (unpaired) electrons. The van der Waals surface area contributed by atoms with Gasteiger partial charge in [-0.1, -0.05) is 30.0 Å². The van der Waals surface area contributed by atoms with Crippen molar-refractivity contribution in [3.8, 4) is 12.3 Å². The molecule has 3 aliphatic rings. The molecule has 7 nitrogen and oxygen atoms in total. The zero-order chi connectivity index (χ0) is 31.4. The summed E-state index contributed by atoms with van der Waals surface area (Å²) in [6, 6.07) is 5.20. The summed E-state index contributed by atoms with van der Waals surface area (Å²) < 4.78 is 83.4. The second-order valence-corrected chi connectivity index (χ2v) is 11.9. The van der Waals surface area contributed by atoms with Gasteiger partial charge in [0.25, 0.3) is 6.43 Å². The summed E-state index contributed by atoms with van der Waals surface area (Å²) in [7, 11) is 0. The van der Waals surface area contributed by atoms with Crippen LogP contribution < -0.4 is 21.6 Å². The lowest BCUT2D eigenvalue weighted by molar-refractivity contribution is -0.244. The van der Waals surface area contributed by atoms with Crippen molar-refractivity contribution in [2.75, 3.05) is 17.2 Å². The molecule has 1 aliphatic heterocycles. The number of pyridine rings is 2. The lowest BCUT2D eigenvalue weighted by Crippen LogP contribution is -2.48. The van der Waals surface area contributed by atoms with E-state index in [0.717, 1.165) is 0 Å². The minimum atomic E-state index is -4.39. The van der Waals surface area contributed by atoms with Gasteiger partial charge in [-0.3, -0.25) is 9.99 Å². The molecule has 0 saturated heterocycles. The molecule has 3 aromatic rings. The smallest absolute Gasteiger partial charge is 0.383 e. The van der Waals surface area contributed by atoms with Crippen LogP contribution >= 0.6 is 11.6 Å². The highest BCUT2D eigenvalue weighted by Gasteiger charge is 2.58. The summed E-state index contributed by atoms with van der Waals surface area (Å²) in [5, 5.41) is 8.19. The van der Waals surface area contributed by atoms with E-state index < -0.39 is 35.5 Å². The lowest BCUT2D eigenvalue weighted by Gasteiger charge is -2.43. The van der Waals surface area contributed by atoms with Crippen molar-refractivity contribution in [3.63, 3.8) is 0 Å². The van der Waals surface area contributed by atoms with Crippen molar-refractivity contribution in [2.45, 2.75) is 63.2 Å². The second kappa shape index (κ2) is 10.9. The number of aromatic nitrogens is 2. The average Bonchev–Trinajstić information content (AvgIpc) is 3.61. The van der Waals surface area contributed by atoms with Gasteiger partial charge in [-0.2, -0.15) is 17.6 Å². The minimum absolute atomic E-state index is 0.0121. The fraction of sp³-hybridized carbons (Fsp3) is 0.400. The van der Waals surface area contributed by atoms with E-state index in [1.54, 1.807) is 19.1 Å². The molecule has 2 saturated carbocycles. The third-order valence-corrected chi connectivity index (χ3v) is 9.15. The van der Waals surface area contributed by atoms with Gasteiger partial charge in [0.2, 0.25) is 5.95 Å². The van der Waals surface area contributed by atoms with Crippen LogP contribution in [-0.2, 0) is 0 Å². The van der Waals surface area contributed by atoms with E-state index >= 15 is 0 Å². The normalized spacial score (nSPS) is 19.2. The third kappa shape index (κ3) is 5.13. The van der Waals surface area contributed by atoms with E-state index in [4.69, 9.17) is 18.0 Å². The maximum Gasteiger partial charge on any atom is 0.396 e. The third-order valence-electron chi connectivity index (χ3n) is 8.86. The molecule has 6 rings (SSSR count). The van der Waals surface area contributed by atoms with Crippen molar-refractivity contribution in [2.24, 2.45) is 5.41 Å². The van der Waals surface area contributed by atoms with E-state index in [9.17, 15) is 26.3 Å². The average molecular weight is 636 g/mol. The minimum Gasteiger partial charge on any atom is -0.383 e. The van der Waals surface area contributed by atoms with Gasteiger partial charge < -0.3 is 16.1 Å². The predicted molar refractivity (Wildman–Crippen MR) is 155 cm³/mol. The Labute approximate surface area is 254 Å². The summed E-state index contributed by atoms with van der Waals surface area (Å²) >= 11 is 6.64. The predicted octanol–water partition coefficient (Wildman–Crippen LogP) is 6.97. The Morgan fingerprint density at radius 2 is 1.93 bits per heavy atom. The van der Waals surface area contributed by atoms with Crippen LogP contribution in [0.3, 0.4) is 0 Å². The zero-order valence-electron chi connectivity index (χ0n) is 23.4. The summed E-state index contributed by atoms with van der Waals surface area (Å²) in [4.78, 5) is 8.28. The quantitative estimate of drug-likeness (QED) is 0.115. The van der Waals surface area contributed by atoms with Gasteiger partial charge in [-0.05, 0) is 50.8 Å². The Bertz CT molecular complexity index is 1680. The fourth-order valence-electron chi connectivity index (χ4n) is 5.81. The van der Waals surface area contributed by atoms with Crippen molar-refractivity contribution in [3.05, 3.63) is 70.2 Å². The number of hydrogen-bond acceptors (Lipinski definition) is 7. The Morgan fingerprint density at radius 1 is 1.18 bits per heavy atom. The number of fused-ring (bicyclic) bond motifs is 1. The zero-order valence-corrected chi connectivity index (χ0v) is 24.2. The SMILES string of the molecule is C#Cc1cnc2c(Cl)cc(N[C@H](C3=CN(C4(C(F)F)CC4)NN3)c3ccc(F)nc3C)cc2c1NCC1(C(F)(F)F)CCC1. The molecule has 2 aromatic heterocycles. The van der Waals surface area contributed by atoms with Crippen LogP contribution in [0.5, 0.6) is 0 Å². The molecule has 0 spiro atoms. The number of rotatable bonds is 9. The number of alkyl halides is 5. The number of terminal acetylenes is 1. The van der Waals surface area contributed by atoms with Gasteiger partial charge in [0.1, 0.15) is 5.54 Å². The monoisotopic (exact) mass is 635 g/mol. The Morgan fingerprint density at radius 3 is 2.52 bits per heavy atom. The first-order chi connectivity index (χ1) is 20.9. The highest BCUT2D eigenvalue weighted by molar-refractivity contribution is 6.35. The van der Waals surface area contributed by atoms with Crippen molar-refractivity contribution in [1.29, 1.82) is 0 Å². The van der Waals surface area contributed by atoms with Crippen molar-refractivity contribution in [1.82, 2.24) is 25.9 Å². The molecule has 2 aliphatic carbocycles. The topological polar surface area (TPSA) is 77.1 Å². The Kier molecular flexibility index (Phi) is 7.49. The first kappa shape index (κ1) is 30.1. The van der Waals surface area contributed by atoms with Crippen LogP contribution in [0.1, 0.15) is 55.0 Å². The van der Waals surface area contributed by atoms with E-state index in [1.165, 1.54) is 29.5 Å². The largest absolute Gasteiger partial charge is 0.396 e. The molecule has 1 aromatic carbocycles. The molecule has 232 valence electrons. The van der Waals surface area contributed by atoms with Gasteiger partial charge in [-0.25, -0.2) is 13.8 Å². The van der Waals surface area contributed by atoms with Crippen LogP contribution in [-0.4, -0.2) is 39.7 Å². The standard InChI is InChI=1S/C30H28ClF6N7/c1-3-17-13-38-25-20(24(17)39-15-28(7-4-8-28)30(35,36)37)11-18(12-21(25)31)41-26(19-5-6-23(32)40-16(19)2)22-14-44(43-42-22)29(9-10-29)27(33)34/h1,5-6,11-14,26-27,41-43H,4,7-10,15H2,2H3,(H,38,39)/t26-/m0/s1. The Balaban J connectivity index is 1.40. The maximum atomic E-state index is 14.0. The molecule has 0 bridgehead atoms. The van der Waals surface area contributed by atoms with Crippen molar-refractivity contribution < 1.29 is 26.3 Å². The van der Waals surface area contributed by atoms with Crippen LogP contribution in [0.25, 0.3) is 10.9 Å². The first-order valence-electron chi connectivity index (χ1n) is 14.0. The number of halogens is 7. The molecular weight excluding hydrogens is 608 g/mol. The number of benzene rings is 1. The van der Waals surface area contributed by atoms with Crippen LogP contribution in [0.15, 0.2) is 42.4 Å². The summed E-state index contributed by atoms with van der Waals surface area (Å²) in [5.41, 5.74) is 5.16. The number of hydrazine groups is 2. The molecule has 0 amide bonds. The highest BCUT2D eigenvalue weighted by Crippen LogP contribution is 2.53. The number of nitrogens with zero attached hydrogens (tertiary/aromatic N) is 3. The van der Waals surface area contributed by atoms with E-state index in [2.05, 4.69) is 37.5 Å². The molecule has 3 heterocycles. The van der Waals surface area contributed by atoms with Gasteiger partial charge in [0, 0.05) is 41.3 Å². The molecule has 44 heavy (non-hydrogen) atoms. The molecule has 4 N–H and O–H groups in total. The molecule has 1 atom stereocenters. The summed E-state index contributed by atoms with van der Waals surface area (Å²) in [5.74, 6) is 1.80. The summed E-state index contributed by atoms with van der Waals surface area (Å²) in [6.45, 7) is 1.25. The summed E-state index contributed by atoms with van der Waals surface area (Å²) in [6.07, 6.45) is 2.75. The molecule has 2 fully saturated rings. The first-order valence-corrected chi connectivity index (χ1v) is 14.4. The maximum absolute atomic E-state index is 14.0. The second-order valence-electron chi connectivity index (χ2n) is 11.5. The number of nitrogens with one attached hydrogen (secondary N) is 4. The number of aryl methyl sites for hydroxylation is 1. The van der Waals surface area contributed by atoms with Crippen LogP contribution in [0.4, 0.5) is 37.7 Å². The Hall–Kier alpha value is -3.89. The van der Waals surface area contributed by atoms with E-state index in [-0.39, 0.29) is 35.7 Å². The van der Waals surface area contributed by atoms with E-state index in [0.29, 0.717) is 52.8 Å². The molecule has 0 unspecified atom stereocenters. The van der Waals surface area contributed by atoms with Gasteiger partial charge in [0.05, 0.1) is 38.9 Å². The lowest BCUT2D eigenvalue weighted by atomic mass is 9.68. The molecule has 14 heteroatoms. The fourth-order valence-corrected chi connectivity index (χ4v) is 6.08. The van der Waals surface area contributed by atoms with Crippen LogP contribution in [0.2, 0.25) is 5.02 Å². The van der Waals surface area contributed by atoms with Gasteiger partial charge in [0.15, 0.2) is 0 Å². The molecular formula is C30H28ClF6N7. The van der Waals surface area contributed by atoms with Crippen LogP contribution in [0, 0.1) is 30.6 Å². The highest BCUT2D eigenvalue weighted by atomic mass is 35.5. The number of hydrogen-bond donors (Lipinski definition) is 4. The number of anilines is 2.